The van der Waals surface area contributed by atoms with Gasteiger partial charge in [0.25, 0.3) is 0 Å². The number of ether oxygens (including phenoxy) is 1. The van der Waals surface area contributed by atoms with Crippen LogP contribution >= 0.6 is 0 Å². The first-order valence-corrected chi connectivity index (χ1v) is 15.1. The first-order chi connectivity index (χ1) is 19.9. The normalized spacial score (nSPS) is 18.0. The van der Waals surface area contributed by atoms with Crippen LogP contribution in [0.1, 0.15) is 119 Å². The third-order valence-corrected chi connectivity index (χ3v) is 8.59. The summed E-state index contributed by atoms with van der Waals surface area (Å²) in [6, 6.07) is 17.7. The molecule has 0 unspecified atom stereocenters. The van der Waals surface area contributed by atoms with Gasteiger partial charge in [0, 0.05) is 16.7 Å². The van der Waals surface area contributed by atoms with Gasteiger partial charge in [-0.2, -0.15) is 0 Å². The molecule has 5 rings (SSSR count). The Kier molecular flexibility index (Phi) is 8.99. The highest BCUT2D eigenvalue weighted by Gasteiger charge is 2.36. The second-order valence-electron chi connectivity index (χ2n) is 11.4. The monoisotopic (exact) mass is 552 g/mol. The van der Waals surface area contributed by atoms with Crippen molar-refractivity contribution in [2.45, 2.75) is 84.2 Å². The maximum atomic E-state index is 13.9. The number of aryl methyl sites for hydroxylation is 1. The molecular weight excluding hydrogens is 512 g/mol. The van der Waals surface area contributed by atoms with E-state index < -0.39 is 5.97 Å². The molecule has 0 heterocycles. The van der Waals surface area contributed by atoms with Gasteiger partial charge in [-0.05, 0) is 74.3 Å². The number of unbranched alkanes of at least 4 members (excludes halogenated alkanes) is 2. The molecule has 0 aliphatic heterocycles. The van der Waals surface area contributed by atoms with Crippen molar-refractivity contribution in [3.05, 3.63) is 94.0 Å². The molecule has 214 valence electrons. The minimum atomic E-state index is -0.520. The number of rotatable bonds is 10. The Morgan fingerprint density at radius 1 is 0.829 bits per heavy atom. The maximum absolute atomic E-state index is 13.9. The summed E-state index contributed by atoms with van der Waals surface area (Å²) >= 11 is 0. The number of esters is 1. The molecular formula is C35H40N2O4. The number of hydrazine groups is 1. The third kappa shape index (κ3) is 5.98. The highest BCUT2D eigenvalue weighted by Crippen LogP contribution is 2.39. The van der Waals surface area contributed by atoms with Crippen molar-refractivity contribution < 1.29 is 19.1 Å². The molecule has 0 spiro atoms. The van der Waals surface area contributed by atoms with Crippen LogP contribution in [0.3, 0.4) is 0 Å². The van der Waals surface area contributed by atoms with Crippen molar-refractivity contribution in [2.75, 3.05) is 5.01 Å². The van der Waals surface area contributed by atoms with Crippen LogP contribution in [0.15, 0.2) is 60.7 Å². The highest BCUT2D eigenvalue weighted by molar-refractivity contribution is 6.31. The van der Waals surface area contributed by atoms with Crippen LogP contribution in [0.25, 0.3) is 0 Å². The van der Waals surface area contributed by atoms with Gasteiger partial charge in [-0.25, -0.2) is 10.6 Å². The molecule has 0 aromatic heterocycles. The Hall–Kier alpha value is -3.77. The number of hydrogen-bond donors (Lipinski definition) is 1. The van der Waals surface area contributed by atoms with Gasteiger partial charge in [-0.15, -0.1) is 0 Å². The quantitative estimate of drug-likeness (QED) is 0.123. The first-order valence-electron chi connectivity index (χ1n) is 15.1. The van der Waals surface area contributed by atoms with Crippen LogP contribution in [0.4, 0.5) is 11.4 Å². The fourth-order valence-electron chi connectivity index (χ4n) is 6.16. The number of carbonyl (C=O) groups is 3. The van der Waals surface area contributed by atoms with Crippen molar-refractivity contribution in [1.82, 2.24) is 0 Å². The van der Waals surface area contributed by atoms with Gasteiger partial charge in [-0.1, -0.05) is 75.9 Å². The van der Waals surface area contributed by atoms with Crippen molar-refractivity contribution >= 4 is 28.9 Å². The number of nitrogens with zero attached hydrogens (tertiary/aromatic N) is 1. The number of benzene rings is 3. The minimum absolute atomic E-state index is 0.143. The minimum Gasteiger partial charge on any atom is -0.459 e. The lowest BCUT2D eigenvalue weighted by Gasteiger charge is -2.30. The lowest BCUT2D eigenvalue weighted by Crippen LogP contribution is -2.33. The van der Waals surface area contributed by atoms with Crippen LogP contribution in [-0.4, -0.2) is 23.6 Å². The lowest BCUT2D eigenvalue weighted by atomic mass is 9.82. The molecule has 1 saturated carbocycles. The summed E-state index contributed by atoms with van der Waals surface area (Å²) in [7, 11) is 0. The van der Waals surface area contributed by atoms with Crippen LogP contribution < -0.4 is 10.9 Å². The van der Waals surface area contributed by atoms with Gasteiger partial charge in [0.1, 0.15) is 6.10 Å². The standard InChI is InChI=1S/C35H40N2O4/c1-3-5-9-23-13-17-25(18-14-23)37(36)32-30(35(40)41-26-19-15-24(16-20-26)10-6-4-2)22-21-29-31(32)34(39)28-12-8-7-11-27(28)33(29)38/h7-8,11-14,17-18,21-22,24,26H,3-6,9-10,15-16,19-20,36H2,1-2H3. The summed E-state index contributed by atoms with van der Waals surface area (Å²) < 4.78 is 6.03. The molecule has 2 aliphatic carbocycles. The number of carbonyl (C=O) groups excluding carboxylic acids is 3. The summed E-state index contributed by atoms with van der Waals surface area (Å²) in [5, 5.41) is 1.36. The molecule has 2 N–H and O–H groups in total. The highest BCUT2D eigenvalue weighted by atomic mass is 16.5. The Bertz CT molecular complexity index is 1420. The molecule has 41 heavy (non-hydrogen) atoms. The van der Waals surface area contributed by atoms with Crippen LogP contribution in [-0.2, 0) is 11.2 Å². The van der Waals surface area contributed by atoms with Gasteiger partial charge >= 0.3 is 5.97 Å². The van der Waals surface area contributed by atoms with Crippen molar-refractivity contribution in [1.29, 1.82) is 0 Å². The summed E-state index contributed by atoms with van der Waals surface area (Å²) in [6.45, 7) is 4.37. The van der Waals surface area contributed by atoms with Crippen molar-refractivity contribution in [3.8, 4) is 0 Å². The Morgan fingerprint density at radius 3 is 2.15 bits per heavy atom. The average molecular weight is 553 g/mol. The van der Waals surface area contributed by atoms with E-state index in [4.69, 9.17) is 10.6 Å². The van der Waals surface area contributed by atoms with Gasteiger partial charge in [0.05, 0.1) is 22.5 Å². The van der Waals surface area contributed by atoms with Gasteiger partial charge in [0.2, 0.25) is 0 Å². The fraction of sp³-hybridized carbons (Fsp3) is 0.400. The third-order valence-electron chi connectivity index (χ3n) is 8.59. The molecule has 1 fully saturated rings. The zero-order chi connectivity index (χ0) is 28.9. The molecule has 2 aliphatic rings. The van der Waals surface area contributed by atoms with E-state index in [2.05, 4.69) is 13.8 Å². The maximum Gasteiger partial charge on any atom is 0.340 e. The molecule has 0 saturated heterocycles. The summed E-state index contributed by atoms with van der Waals surface area (Å²) in [5.74, 6) is 6.30. The molecule has 0 amide bonds. The van der Waals surface area contributed by atoms with E-state index in [-0.39, 0.29) is 40.0 Å². The number of fused-ring (bicyclic) bond motifs is 2. The molecule has 0 bridgehead atoms. The molecule has 6 heteroatoms. The van der Waals surface area contributed by atoms with E-state index in [0.717, 1.165) is 44.9 Å². The van der Waals surface area contributed by atoms with Gasteiger partial charge < -0.3 is 4.74 Å². The van der Waals surface area contributed by atoms with Crippen molar-refractivity contribution in [3.63, 3.8) is 0 Å². The van der Waals surface area contributed by atoms with E-state index in [9.17, 15) is 14.4 Å². The first kappa shape index (κ1) is 28.7. The number of hydrogen-bond acceptors (Lipinski definition) is 6. The van der Waals surface area contributed by atoms with E-state index in [0.29, 0.717) is 22.7 Å². The Morgan fingerprint density at radius 2 is 1.49 bits per heavy atom. The summed E-state index contributed by atoms with van der Waals surface area (Å²) in [4.78, 5) is 41.1. The predicted octanol–water partition coefficient (Wildman–Crippen LogP) is 7.72. The zero-order valence-corrected chi connectivity index (χ0v) is 24.2. The predicted molar refractivity (Wildman–Crippen MR) is 162 cm³/mol. The SMILES string of the molecule is CCCCc1ccc(N(N)c2c(C(=O)OC3CCC(CCCC)CC3)ccc3c2C(=O)c2ccccc2C3=O)cc1. The second kappa shape index (κ2) is 12.8. The molecule has 0 radical (unpaired) electrons. The van der Waals surface area contributed by atoms with E-state index in [1.165, 1.54) is 29.8 Å². The molecule has 6 nitrogen and oxygen atoms in total. The Labute approximate surface area is 242 Å². The number of ketones is 2. The van der Waals surface area contributed by atoms with Crippen LogP contribution in [0.5, 0.6) is 0 Å². The van der Waals surface area contributed by atoms with Gasteiger partial charge in [0.15, 0.2) is 11.6 Å². The molecule has 3 aromatic carbocycles. The fourth-order valence-corrected chi connectivity index (χ4v) is 6.16. The number of anilines is 2. The van der Waals surface area contributed by atoms with E-state index in [1.54, 1.807) is 36.4 Å². The summed E-state index contributed by atoms with van der Waals surface area (Å²) in [5.41, 5.74) is 3.25. The Balaban J connectivity index is 1.50. The number of nitrogens with two attached hydrogens (primary N) is 1. The second-order valence-corrected chi connectivity index (χ2v) is 11.4. The van der Waals surface area contributed by atoms with Gasteiger partial charge in [-0.3, -0.25) is 14.6 Å². The van der Waals surface area contributed by atoms with Crippen LogP contribution in [0, 0.1) is 5.92 Å². The zero-order valence-electron chi connectivity index (χ0n) is 24.2. The molecule has 0 atom stereocenters. The average Bonchev–Trinajstić information content (AvgIpc) is 3.01. The van der Waals surface area contributed by atoms with Crippen molar-refractivity contribution in [2.24, 2.45) is 11.8 Å². The van der Waals surface area contributed by atoms with E-state index in [1.807, 2.05) is 24.3 Å². The van der Waals surface area contributed by atoms with E-state index >= 15 is 0 Å². The lowest BCUT2D eigenvalue weighted by molar-refractivity contribution is 0.0161. The summed E-state index contributed by atoms with van der Waals surface area (Å²) in [6.07, 6.45) is 10.4. The molecule has 3 aromatic rings. The smallest absolute Gasteiger partial charge is 0.340 e. The van der Waals surface area contributed by atoms with Crippen LogP contribution in [0.2, 0.25) is 0 Å². The topological polar surface area (TPSA) is 89.7 Å². The largest absolute Gasteiger partial charge is 0.459 e.